The van der Waals surface area contributed by atoms with Crippen LogP contribution >= 0.6 is 0 Å². The number of hydrogen-bond donors (Lipinski definition) is 0. The van der Waals surface area contributed by atoms with E-state index in [1.54, 1.807) is 13.1 Å². The van der Waals surface area contributed by atoms with E-state index in [0.29, 0.717) is 0 Å². The molecule has 4 atom stereocenters. The summed E-state index contributed by atoms with van der Waals surface area (Å²) in [5, 5.41) is 0. The van der Waals surface area contributed by atoms with Gasteiger partial charge in [0.1, 0.15) is 0 Å². The molecular weight excluding hydrogens is 198 g/mol. The standard InChI is InChI=1S/C10H9NO4/c1-11-5-3-2-4(8(11)12)6-7(5)10(14)15-9(6)13/h2-7H,1H3/t4?,5?,6-,7+/m0/s1. The fraction of sp³-hybridized carbons (Fsp3) is 0.500. The Labute approximate surface area is 85.7 Å². The molecule has 0 aromatic carbocycles. The Kier molecular flexibility index (Phi) is 1.43. The molecule has 0 radical (unpaired) electrons. The Morgan fingerprint density at radius 1 is 1.13 bits per heavy atom. The SMILES string of the molecule is CN1C(=O)C2C=CC1[C@H]1C(=O)OC(=O)[C@@H]21. The first-order chi connectivity index (χ1) is 7.11. The summed E-state index contributed by atoms with van der Waals surface area (Å²) in [5.41, 5.74) is 0. The van der Waals surface area contributed by atoms with Gasteiger partial charge in [0.05, 0.1) is 23.8 Å². The van der Waals surface area contributed by atoms with Crippen LogP contribution in [0.25, 0.3) is 0 Å². The highest BCUT2D eigenvalue weighted by Crippen LogP contribution is 2.43. The van der Waals surface area contributed by atoms with E-state index in [0.717, 1.165) is 0 Å². The largest absolute Gasteiger partial charge is 0.393 e. The van der Waals surface area contributed by atoms with Gasteiger partial charge >= 0.3 is 11.9 Å². The molecule has 3 aliphatic heterocycles. The summed E-state index contributed by atoms with van der Waals surface area (Å²) in [7, 11) is 1.65. The number of hydrogen-bond acceptors (Lipinski definition) is 4. The normalized spacial score (nSPS) is 42.2. The van der Waals surface area contributed by atoms with E-state index in [4.69, 9.17) is 0 Å². The van der Waals surface area contributed by atoms with Gasteiger partial charge in [-0.2, -0.15) is 0 Å². The second-order valence-electron chi connectivity index (χ2n) is 4.14. The molecule has 1 amide bonds. The number of carbonyl (C=O) groups excluding carboxylic acids is 3. The average Bonchev–Trinajstić information content (AvgIpc) is 2.51. The third-order valence-electron chi connectivity index (χ3n) is 3.48. The lowest BCUT2D eigenvalue weighted by molar-refractivity contribution is -0.154. The van der Waals surface area contributed by atoms with Gasteiger partial charge in [-0.05, 0) is 0 Å². The molecule has 5 heteroatoms. The minimum Gasteiger partial charge on any atom is -0.393 e. The molecule has 15 heavy (non-hydrogen) atoms. The second-order valence-corrected chi connectivity index (χ2v) is 4.14. The number of rotatable bonds is 0. The van der Waals surface area contributed by atoms with Gasteiger partial charge in [0.25, 0.3) is 0 Å². The second kappa shape index (κ2) is 2.48. The molecule has 4 aliphatic rings. The first kappa shape index (κ1) is 8.64. The molecular formula is C10H9NO4. The van der Waals surface area contributed by atoms with Crippen molar-refractivity contribution in [3.63, 3.8) is 0 Å². The number of amides is 1. The summed E-state index contributed by atoms with van der Waals surface area (Å²) in [6.45, 7) is 0. The van der Waals surface area contributed by atoms with Crippen LogP contribution in [0.2, 0.25) is 0 Å². The summed E-state index contributed by atoms with van der Waals surface area (Å²) in [4.78, 5) is 36.1. The molecule has 2 unspecified atom stereocenters. The van der Waals surface area contributed by atoms with Crippen molar-refractivity contribution >= 4 is 17.8 Å². The van der Waals surface area contributed by atoms with E-state index in [9.17, 15) is 14.4 Å². The van der Waals surface area contributed by atoms with Crippen molar-refractivity contribution in [1.29, 1.82) is 0 Å². The van der Waals surface area contributed by atoms with Crippen LogP contribution in [0.4, 0.5) is 0 Å². The third kappa shape index (κ3) is 0.854. The smallest absolute Gasteiger partial charge is 0.319 e. The Morgan fingerprint density at radius 3 is 2.53 bits per heavy atom. The highest BCUT2D eigenvalue weighted by atomic mass is 16.6. The summed E-state index contributed by atoms with van der Waals surface area (Å²) < 4.78 is 4.59. The predicted octanol–water partition coefficient (Wildman–Crippen LogP) is -0.671. The minimum atomic E-state index is -0.587. The molecule has 1 aliphatic carbocycles. The number of piperidine rings is 1. The number of fused-ring (bicyclic) bond motifs is 1. The van der Waals surface area contributed by atoms with Gasteiger partial charge in [-0.15, -0.1) is 0 Å². The Balaban J connectivity index is 2.12. The van der Waals surface area contributed by atoms with Crippen LogP contribution in [-0.2, 0) is 19.1 Å². The van der Waals surface area contributed by atoms with Gasteiger partial charge in [-0.1, -0.05) is 12.2 Å². The van der Waals surface area contributed by atoms with Gasteiger partial charge in [0.2, 0.25) is 5.91 Å². The Hall–Kier alpha value is -1.65. The quantitative estimate of drug-likeness (QED) is 0.300. The zero-order chi connectivity index (χ0) is 10.7. The zero-order valence-electron chi connectivity index (χ0n) is 8.04. The van der Waals surface area contributed by atoms with Gasteiger partial charge < -0.3 is 9.64 Å². The monoisotopic (exact) mass is 207 g/mol. The molecule has 2 saturated heterocycles. The van der Waals surface area contributed by atoms with Crippen molar-refractivity contribution in [2.24, 2.45) is 17.8 Å². The number of ether oxygens (including phenoxy) is 1. The number of carbonyl (C=O) groups is 3. The fourth-order valence-electron chi connectivity index (χ4n) is 2.71. The number of cyclic esters (lactones) is 2. The maximum Gasteiger partial charge on any atom is 0.319 e. The van der Waals surface area contributed by atoms with Gasteiger partial charge in [0.15, 0.2) is 0 Å². The van der Waals surface area contributed by atoms with E-state index in [2.05, 4.69) is 4.74 Å². The molecule has 2 bridgehead atoms. The van der Waals surface area contributed by atoms with Crippen LogP contribution in [0, 0.1) is 17.8 Å². The van der Waals surface area contributed by atoms with Crippen LogP contribution in [0.1, 0.15) is 0 Å². The maximum absolute atomic E-state index is 11.7. The molecule has 4 rings (SSSR count). The lowest BCUT2D eigenvalue weighted by atomic mass is 9.70. The number of likely N-dealkylation sites (N-methyl/N-ethyl adjacent to an activating group) is 1. The van der Waals surface area contributed by atoms with Crippen molar-refractivity contribution < 1.29 is 19.1 Å². The minimum absolute atomic E-state index is 0.101. The lowest BCUT2D eigenvalue weighted by Gasteiger charge is -2.43. The van der Waals surface area contributed by atoms with Crippen LogP contribution in [-0.4, -0.2) is 35.8 Å². The molecule has 0 spiro atoms. The Morgan fingerprint density at radius 2 is 1.80 bits per heavy atom. The van der Waals surface area contributed by atoms with Gasteiger partial charge in [-0.25, -0.2) is 0 Å². The van der Waals surface area contributed by atoms with Crippen molar-refractivity contribution in [2.75, 3.05) is 7.05 Å². The molecule has 0 aromatic heterocycles. The summed E-state index contributed by atoms with van der Waals surface area (Å²) in [6.07, 6.45) is 3.53. The van der Waals surface area contributed by atoms with Crippen LogP contribution in [0.3, 0.4) is 0 Å². The molecule has 78 valence electrons. The van der Waals surface area contributed by atoms with Crippen molar-refractivity contribution in [3.05, 3.63) is 12.2 Å². The first-order valence-electron chi connectivity index (χ1n) is 4.82. The fourth-order valence-corrected chi connectivity index (χ4v) is 2.71. The van der Waals surface area contributed by atoms with E-state index < -0.39 is 29.7 Å². The molecule has 3 heterocycles. The van der Waals surface area contributed by atoms with Crippen molar-refractivity contribution in [3.8, 4) is 0 Å². The molecule has 0 N–H and O–H groups in total. The van der Waals surface area contributed by atoms with Crippen LogP contribution < -0.4 is 0 Å². The topological polar surface area (TPSA) is 63.7 Å². The molecule has 0 aromatic rings. The maximum atomic E-state index is 11.7. The summed E-state index contributed by atoms with van der Waals surface area (Å²) in [6, 6.07) is -0.313. The van der Waals surface area contributed by atoms with Crippen LogP contribution in [0.5, 0.6) is 0 Å². The summed E-state index contributed by atoms with van der Waals surface area (Å²) >= 11 is 0. The summed E-state index contributed by atoms with van der Waals surface area (Å²) in [5.74, 6) is -2.74. The van der Waals surface area contributed by atoms with E-state index in [1.807, 2.05) is 6.08 Å². The zero-order valence-corrected chi connectivity index (χ0v) is 8.04. The highest BCUT2D eigenvalue weighted by Gasteiger charge is 2.60. The molecule has 2 fully saturated rings. The first-order valence-corrected chi connectivity index (χ1v) is 4.82. The highest BCUT2D eigenvalue weighted by molar-refractivity contribution is 6.02. The van der Waals surface area contributed by atoms with E-state index in [-0.39, 0.29) is 11.9 Å². The predicted molar refractivity (Wildman–Crippen MR) is 47.3 cm³/mol. The number of nitrogens with zero attached hydrogens (tertiary/aromatic N) is 1. The van der Waals surface area contributed by atoms with E-state index >= 15 is 0 Å². The van der Waals surface area contributed by atoms with Gasteiger partial charge in [-0.3, -0.25) is 14.4 Å². The average molecular weight is 207 g/mol. The van der Waals surface area contributed by atoms with Crippen molar-refractivity contribution in [2.45, 2.75) is 6.04 Å². The lowest BCUT2D eigenvalue weighted by Crippen LogP contribution is -2.57. The third-order valence-corrected chi connectivity index (χ3v) is 3.48. The molecule has 5 nitrogen and oxygen atoms in total. The Bertz CT molecular complexity index is 414. The van der Waals surface area contributed by atoms with E-state index in [1.165, 1.54) is 4.90 Å². The van der Waals surface area contributed by atoms with Crippen LogP contribution in [0.15, 0.2) is 12.2 Å². The van der Waals surface area contributed by atoms with Crippen molar-refractivity contribution in [1.82, 2.24) is 4.90 Å². The number of esters is 2. The van der Waals surface area contributed by atoms with Gasteiger partial charge in [0, 0.05) is 7.05 Å². The molecule has 0 saturated carbocycles.